The van der Waals surface area contributed by atoms with Gasteiger partial charge in [-0.15, -0.1) is 11.3 Å². The molecule has 0 N–H and O–H groups in total. The molecule has 14 aromatic rings. The Bertz CT molecular complexity index is 4370. The second kappa shape index (κ2) is 18.4. The molecule has 12 aromatic carbocycles. The molecule has 0 bridgehead atoms. The lowest BCUT2D eigenvalue weighted by Gasteiger charge is -2.27. The summed E-state index contributed by atoms with van der Waals surface area (Å²) in [7, 11) is 0. The number of hydrogen-bond donors (Lipinski definition) is 0. The summed E-state index contributed by atoms with van der Waals surface area (Å²) in [5.41, 5.74) is 19.2. The van der Waals surface area contributed by atoms with Crippen LogP contribution in [0.3, 0.4) is 0 Å². The quantitative estimate of drug-likeness (QED) is 0.133. The average Bonchev–Trinajstić information content (AvgIpc) is 4.06. The van der Waals surface area contributed by atoms with E-state index in [1.165, 1.54) is 120 Å². The van der Waals surface area contributed by atoms with E-state index < -0.39 is 0 Å². The molecule has 0 unspecified atom stereocenters. The van der Waals surface area contributed by atoms with Crippen LogP contribution in [0.4, 0.5) is 11.4 Å². The minimum atomic E-state index is 0.677. The highest BCUT2D eigenvalue weighted by molar-refractivity contribution is 7.25. The first-order valence-corrected chi connectivity index (χ1v) is 26.3. The summed E-state index contributed by atoms with van der Waals surface area (Å²) in [6.07, 6.45) is 0. The van der Waals surface area contributed by atoms with Crippen molar-refractivity contribution in [2.75, 3.05) is 4.90 Å². The maximum atomic E-state index is 2.49. The number of anilines is 2. The van der Waals surface area contributed by atoms with Gasteiger partial charge in [0.25, 0.3) is 0 Å². The van der Waals surface area contributed by atoms with Crippen LogP contribution in [0.2, 0.25) is 0 Å². The van der Waals surface area contributed by atoms with Gasteiger partial charge in [0.2, 0.25) is 0 Å². The highest BCUT2D eigenvalue weighted by Crippen LogP contribution is 2.44. The fraction of sp³-hybridized carbons (Fsp3) is 0.0141. The van der Waals surface area contributed by atoms with E-state index in [-0.39, 0.29) is 0 Å². The molecule has 0 amide bonds. The van der Waals surface area contributed by atoms with Crippen molar-refractivity contribution in [1.29, 1.82) is 0 Å². The van der Waals surface area contributed by atoms with Crippen molar-refractivity contribution in [3.8, 4) is 61.3 Å². The number of benzene rings is 12. The van der Waals surface area contributed by atoms with Gasteiger partial charge in [0.05, 0.1) is 16.7 Å². The zero-order valence-electron chi connectivity index (χ0n) is 40.6. The molecule has 3 heteroatoms. The molecule has 0 aliphatic carbocycles. The molecule has 0 saturated heterocycles. The van der Waals surface area contributed by atoms with Gasteiger partial charge < -0.3 is 9.47 Å². The molecule has 74 heavy (non-hydrogen) atoms. The Balaban J connectivity index is 0.833. The monoisotopic (exact) mass is 960 g/mol. The molecule has 348 valence electrons. The first-order valence-electron chi connectivity index (χ1n) is 25.4. The predicted molar refractivity (Wildman–Crippen MR) is 317 cm³/mol. The van der Waals surface area contributed by atoms with Crippen LogP contribution in [0, 0.1) is 0 Å². The Labute approximate surface area is 434 Å². The summed E-state index contributed by atoms with van der Waals surface area (Å²) in [4.78, 5) is 2.46. The SMILES string of the molecule is c1ccc(-c2ccc(N(Cc3ccccc3-c3cccc(-c4cccc5c4c4ccccc4n5-c4cccc5sc6ccccc6c45)c3)c3ccc(-c4ccc(-c5cccc6ccccc56)cc4)cc3)cc2)cc1. The third-order valence-corrected chi connectivity index (χ3v) is 16.1. The fourth-order valence-corrected chi connectivity index (χ4v) is 12.5. The molecule has 0 spiro atoms. The van der Waals surface area contributed by atoms with Crippen molar-refractivity contribution in [2.45, 2.75) is 6.54 Å². The van der Waals surface area contributed by atoms with Crippen LogP contribution in [-0.2, 0) is 6.54 Å². The van der Waals surface area contributed by atoms with Gasteiger partial charge in [-0.2, -0.15) is 0 Å². The molecule has 0 saturated carbocycles. The summed E-state index contributed by atoms with van der Waals surface area (Å²) in [5.74, 6) is 0. The smallest absolute Gasteiger partial charge is 0.0555 e. The number of thiophene rings is 1. The van der Waals surface area contributed by atoms with E-state index in [0.717, 1.165) is 11.4 Å². The van der Waals surface area contributed by atoms with E-state index in [9.17, 15) is 0 Å². The zero-order chi connectivity index (χ0) is 49.0. The van der Waals surface area contributed by atoms with Crippen LogP contribution >= 0.6 is 11.3 Å². The summed E-state index contributed by atoms with van der Waals surface area (Å²) < 4.78 is 5.10. The van der Waals surface area contributed by atoms with Crippen LogP contribution < -0.4 is 4.90 Å². The summed E-state index contributed by atoms with van der Waals surface area (Å²) >= 11 is 1.87. The Morgan fingerprint density at radius 3 is 1.59 bits per heavy atom. The Kier molecular flexibility index (Phi) is 10.8. The lowest BCUT2D eigenvalue weighted by Crippen LogP contribution is -2.17. The third kappa shape index (κ3) is 7.65. The van der Waals surface area contributed by atoms with Crippen molar-refractivity contribution in [1.82, 2.24) is 4.57 Å². The zero-order valence-corrected chi connectivity index (χ0v) is 41.4. The van der Waals surface area contributed by atoms with Gasteiger partial charge in [-0.25, -0.2) is 0 Å². The number of nitrogens with zero attached hydrogens (tertiary/aromatic N) is 2. The standard InChI is InChI=1S/C71H48N2S/c1-2-16-48(17-3-1)50-38-42-57(43-39-50)72(58-44-40-51(41-45-58)49-34-36-53(37-35-49)61-27-13-20-52-18-4-7-24-60(52)61)47-56-19-5-6-23-59(56)54-21-12-22-55(46-54)62-28-14-30-66-70(62)63-25-8-10-29-65(63)73(66)67-31-15-33-69-71(67)64-26-9-11-32-68(64)74-69/h1-46H,47H2. The van der Waals surface area contributed by atoms with Crippen molar-refractivity contribution >= 4 is 75.5 Å². The highest BCUT2D eigenvalue weighted by Gasteiger charge is 2.21. The van der Waals surface area contributed by atoms with Crippen molar-refractivity contribution in [3.05, 3.63) is 285 Å². The largest absolute Gasteiger partial charge is 0.337 e. The predicted octanol–water partition coefficient (Wildman–Crippen LogP) is 20.0. The third-order valence-electron chi connectivity index (χ3n) is 14.9. The van der Waals surface area contributed by atoms with Gasteiger partial charge in [-0.3, -0.25) is 0 Å². The van der Waals surface area contributed by atoms with Crippen LogP contribution in [0.1, 0.15) is 5.56 Å². The molecule has 2 heterocycles. The summed E-state index contributed by atoms with van der Waals surface area (Å²) in [6.45, 7) is 0.677. The Morgan fingerprint density at radius 1 is 0.311 bits per heavy atom. The molecular formula is C71H48N2S. The fourth-order valence-electron chi connectivity index (χ4n) is 11.4. The number of para-hydroxylation sites is 1. The molecule has 0 fully saturated rings. The molecule has 2 nitrogen and oxygen atoms in total. The van der Waals surface area contributed by atoms with Gasteiger partial charge in [0.1, 0.15) is 0 Å². The molecule has 14 rings (SSSR count). The average molecular weight is 961 g/mol. The summed E-state index contributed by atoms with van der Waals surface area (Å²) in [6, 6.07) is 102. The lowest BCUT2D eigenvalue weighted by molar-refractivity contribution is 0.977. The lowest BCUT2D eigenvalue weighted by atomic mass is 9.93. The van der Waals surface area contributed by atoms with Gasteiger partial charge in [0.15, 0.2) is 0 Å². The van der Waals surface area contributed by atoms with Gasteiger partial charge >= 0.3 is 0 Å². The van der Waals surface area contributed by atoms with Crippen LogP contribution in [0.5, 0.6) is 0 Å². The molecule has 0 aliphatic rings. The number of rotatable bonds is 10. The van der Waals surface area contributed by atoms with Gasteiger partial charge in [0, 0.05) is 48.9 Å². The van der Waals surface area contributed by atoms with E-state index in [1.54, 1.807) is 0 Å². The van der Waals surface area contributed by atoms with Crippen LogP contribution in [-0.4, -0.2) is 4.57 Å². The van der Waals surface area contributed by atoms with Crippen molar-refractivity contribution in [3.63, 3.8) is 0 Å². The topological polar surface area (TPSA) is 8.17 Å². The van der Waals surface area contributed by atoms with Crippen LogP contribution in [0.15, 0.2) is 279 Å². The normalized spacial score (nSPS) is 11.6. The summed E-state index contributed by atoms with van der Waals surface area (Å²) in [5, 5.41) is 7.65. The van der Waals surface area contributed by atoms with E-state index >= 15 is 0 Å². The molecule has 0 aliphatic heterocycles. The molecule has 0 radical (unpaired) electrons. The number of aromatic nitrogens is 1. The van der Waals surface area contributed by atoms with Gasteiger partial charge in [-0.05, 0) is 133 Å². The van der Waals surface area contributed by atoms with Crippen molar-refractivity contribution < 1.29 is 0 Å². The van der Waals surface area contributed by atoms with Crippen molar-refractivity contribution in [2.24, 2.45) is 0 Å². The van der Waals surface area contributed by atoms with Crippen LogP contribution in [0.25, 0.3) is 114 Å². The van der Waals surface area contributed by atoms with E-state index in [0.29, 0.717) is 6.54 Å². The minimum Gasteiger partial charge on any atom is -0.337 e. The number of hydrogen-bond acceptors (Lipinski definition) is 2. The number of fused-ring (bicyclic) bond motifs is 7. The Hall–Kier alpha value is -9.28. The molecule has 2 aromatic heterocycles. The second-order valence-corrected chi connectivity index (χ2v) is 20.3. The first-order chi connectivity index (χ1) is 36.7. The molecule has 0 atom stereocenters. The second-order valence-electron chi connectivity index (χ2n) is 19.2. The highest BCUT2D eigenvalue weighted by atomic mass is 32.1. The maximum absolute atomic E-state index is 2.49. The minimum absolute atomic E-state index is 0.677. The molecular weight excluding hydrogens is 913 g/mol. The first kappa shape index (κ1) is 43.5. The van der Waals surface area contributed by atoms with Gasteiger partial charge in [-0.1, -0.05) is 218 Å². The Morgan fingerprint density at radius 2 is 0.811 bits per heavy atom. The van der Waals surface area contributed by atoms with E-state index in [4.69, 9.17) is 0 Å². The van der Waals surface area contributed by atoms with E-state index in [1.807, 2.05) is 11.3 Å². The van der Waals surface area contributed by atoms with E-state index in [2.05, 4.69) is 289 Å². The maximum Gasteiger partial charge on any atom is 0.0555 e.